The summed E-state index contributed by atoms with van der Waals surface area (Å²) in [5.41, 5.74) is 0.175. The van der Waals surface area contributed by atoms with Crippen molar-refractivity contribution in [3.63, 3.8) is 0 Å². The third kappa shape index (κ3) is 5.52. The van der Waals surface area contributed by atoms with E-state index in [1.165, 1.54) is 0 Å². The van der Waals surface area contributed by atoms with Gasteiger partial charge >= 0.3 is 0 Å². The van der Waals surface area contributed by atoms with E-state index in [1.807, 2.05) is 24.3 Å². The van der Waals surface area contributed by atoms with Gasteiger partial charge in [-0.05, 0) is 30.5 Å². The van der Waals surface area contributed by atoms with E-state index in [-0.39, 0.29) is 5.41 Å². The lowest BCUT2D eigenvalue weighted by atomic mass is 9.87. The van der Waals surface area contributed by atoms with Crippen molar-refractivity contribution in [2.45, 2.75) is 40.2 Å². The molecule has 0 saturated heterocycles. The summed E-state index contributed by atoms with van der Waals surface area (Å²) in [6, 6.07) is 8.07. The van der Waals surface area contributed by atoms with Crippen LogP contribution in [0.5, 0.6) is 11.5 Å². The Hall–Kier alpha value is -1.22. The molecule has 1 aromatic carbocycles. The van der Waals surface area contributed by atoms with Crippen LogP contribution in [0.15, 0.2) is 24.3 Å². The lowest BCUT2D eigenvalue weighted by Gasteiger charge is -2.31. The van der Waals surface area contributed by atoms with Gasteiger partial charge in [-0.3, -0.25) is 0 Å². The summed E-state index contributed by atoms with van der Waals surface area (Å²) in [5, 5.41) is 3.55. The Morgan fingerprint density at radius 1 is 1.21 bits per heavy atom. The van der Waals surface area contributed by atoms with Gasteiger partial charge in [0.05, 0.1) is 7.11 Å². The number of ether oxygens (including phenoxy) is 2. The molecule has 0 heterocycles. The molecule has 0 spiro atoms. The molecule has 1 unspecified atom stereocenters. The zero-order valence-electron chi connectivity index (χ0n) is 12.8. The highest BCUT2D eigenvalue weighted by atomic mass is 16.5. The SMILES string of the molecule is CCCNC(COc1cccc(OC)c1)C(C)(C)C. The summed E-state index contributed by atoms with van der Waals surface area (Å²) >= 11 is 0. The van der Waals surface area contributed by atoms with Gasteiger partial charge in [-0.2, -0.15) is 0 Å². The molecule has 1 rings (SSSR count). The molecule has 0 amide bonds. The number of nitrogens with one attached hydrogen (secondary N) is 1. The third-order valence-electron chi connectivity index (χ3n) is 3.14. The Bertz CT molecular complexity index is 371. The number of methoxy groups -OCH3 is 1. The number of hydrogen-bond acceptors (Lipinski definition) is 3. The average molecular weight is 265 g/mol. The van der Waals surface area contributed by atoms with Gasteiger partial charge in [-0.25, -0.2) is 0 Å². The zero-order valence-corrected chi connectivity index (χ0v) is 12.8. The van der Waals surface area contributed by atoms with Crippen LogP contribution in [0.3, 0.4) is 0 Å². The normalized spacial score (nSPS) is 13.1. The van der Waals surface area contributed by atoms with Crippen LogP contribution in [-0.4, -0.2) is 26.3 Å². The molecular weight excluding hydrogens is 238 g/mol. The summed E-state index contributed by atoms with van der Waals surface area (Å²) in [7, 11) is 1.67. The van der Waals surface area contributed by atoms with Gasteiger partial charge in [0.2, 0.25) is 0 Å². The van der Waals surface area contributed by atoms with E-state index in [0.717, 1.165) is 24.5 Å². The molecule has 0 aliphatic heterocycles. The molecule has 1 aromatic rings. The lowest BCUT2D eigenvalue weighted by molar-refractivity contribution is 0.174. The van der Waals surface area contributed by atoms with Crippen molar-refractivity contribution >= 4 is 0 Å². The van der Waals surface area contributed by atoms with E-state index >= 15 is 0 Å². The zero-order chi connectivity index (χ0) is 14.3. The van der Waals surface area contributed by atoms with E-state index in [9.17, 15) is 0 Å². The second-order valence-electron chi connectivity index (χ2n) is 5.86. The molecule has 0 aliphatic carbocycles. The molecule has 19 heavy (non-hydrogen) atoms. The molecule has 1 N–H and O–H groups in total. The molecule has 0 radical (unpaired) electrons. The van der Waals surface area contributed by atoms with Gasteiger partial charge in [-0.15, -0.1) is 0 Å². The predicted molar refractivity (Wildman–Crippen MR) is 80.0 cm³/mol. The monoisotopic (exact) mass is 265 g/mol. The van der Waals surface area contributed by atoms with E-state index in [0.29, 0.717) is 12.6 Å². The van der Waals surface area contributed by atoms with Crippen LogP contribution in [0, 0.1) is 5.41 Å². The largest absolute Gasteiger partial charge is 0.497 e. The Labute approximate surface area is 117 Å². The van der Waals surface area contributed by atoms with Crippen LogP contribution >= 0.6 is 0 Å². The maximum absolute atomic E-state index is 5.89. The van der Waals surface area contributed by atoms with Crippen LogP contribution in [0.25, 0.3) is 0 Å². The highest BCUT2D eigenvalue weighted by Crippen LogP contribution is 2.23. The van der Waals surface area contributed by atoms with Crippen LogP contribution in [0.4, 0.5) is 0 Å². The lowest BCUT2D eigenvalue weighted by Crippen LogP contribution is -2.45. The molecule has 0 aromatic heterocycles. The summed E-state index contributed by atoms with van der Waals surface area (Å²) in [6.07, 6.45) is 1.13. The van der Waals surface area contributed by atoms with Gasteiger partial charge in [0.15, 0.2) is 0 Å². The van der Waals surface area contributed by atoms with Gasteiger partial charge in [-0.1, -0.05) is 33.8 Å². The topological polar surface area (TPSA) is 30.5 Å². The van der Waals surface area contributed by atoms with Gasteiger partial charge < -0.3 is 14.8 Å². The minimum Gasteiger partial charge on any atom is -0.497 e. The second kappa shape index (κ2) is 7.39. The van der Waals surface area contributed by atoms with Gasteiger partial charge in [0.1, 0.15) is 18.1 Å². The Balaban J connectivity index is 2.59. The molecule has 108 valence electrons. The highest BCUT2D eigenvalue weighted by molar-refractivity contribution is 5.32. The molecule has 3 heteroatoms. The molecular formula is C16H27NO2. The maximum atomic E-state index is 5.89. The number of hydrogen-bond donors (Lipinski definition) is 1. The van der Waals surface area contributed by atoms with Gasteiger partial charge in [0.25, 0.3) is 0 Å². The molecule has 0 fully saturated rings. The summed E-state index contributed by atoms with van der Waals surface area (Å²) in [5.74, 6) is 1.68. The quantitative estimate of drug-likeness (QED) is 0.818. The summed E-state index contributed by atoms with van der Waals surface area (Å²) in [6.45, 7) is 10.6. The van der Waals surface area contributed by atoms with E-state index in [1.54, 1.807) is 7.11 Å². The Kier molecular flexibility index (Phi) is 6.16. The molecule has 3 nitrogen and oxygen atoms in total. The van der Waals surface area contributed by atoms with Crippen LogP contribution < -0.4 is 14.8 Å². The smallest absolute Gasteiger partial charge is 0.123 e. The van der Waals surface area contributed by atoms with Crippen molar-refractivity contribution in [2.75, 3.05) is 20.3 Å². The van der Waals surface area contributed by atoms with E-state index in [4.69, 9.17) is 9.47 Å². The average Bonchev–Trinajstić information content (AvgIpc) is 2.37. The first-order chi connectivity index (χ1) is 8.97. The fraction of sp³-hybridized carbons (Fsp3) is 0.625. The van der Waals surface area contributed by atoms with Crippen molar-refractivity contribution in [3.8, 4) is 11.5 Å². The Morgan fingerprint density at radius 2 is 1.89 bits per heavy atom. The van der Waals surface area contributed by atoms with Crippen LogP contribution in [0.1, 0.15) is 34.1 Å². The minimum absolute atomic E-state index is 0.175. The fourth-order valence-electron chi connectivity index (χ4n) is 1.80. The molecule has 0 aliphatic rings. The van der Waals surface area contributed by atoms with Crippen molar-refractivity contribution in [3.05, 3.63) is 24.3 Å². The second-order valence-corrected chi connectivity index (χ2v) is 5.86. The van der Waals surface area contributed by atoms with Gasteiger partial charge in [0, 0.05) is 12.1 Å². The number of benzene rings is 1. The third-order valence-corrected chi connectivity index (χ3v) is 3.14. The van der Waals surface area contributed by atoms with Crippen molar-refractivity contribution in [1.29, 1.82) is 0 Å². The van der Waals surface area contributed by atoms with Crippen molar-refractivity contribution in [1.82, 2.24) is 5.32 Å². The van der Waals surface area contributed by atoms with Crippen LogP contribution in [0.2, 0.25) is 0 Å². The first-order valence-electron chi connectivity index (χ1n) is 6.97. The first kappa shape index (κ1) is 15.8. The minimum atomic E-state index is 0.175. The standard InChI is InChI=1S/C16H27NO2/c1-6-10-17-15(16(2,3)4)12-19-14-9-7-8-13(11-14)18-5/h7-9,11,15,17H,6,10,12H2,1-5H3. The molecule has 0 saturated carbocycles. The van der Waals surface area contributed by atoms with Crippen LogP contribution in [-0.2, 0) is 0 Å². The van der Waals surface area contributed by atoms with E-state index in [2.05, 4.69) is 33.0 Å². The summed E-state index contributed by atoms with van der Waals surface area (Å²) in [4.78, 5) is 0. The fourth-order valence-corrected chi connectivity index (χ4v) is 1.80. The highest BCUT2D eigenvalue weighted by Gasteiger charge is 2.24. The van der Waals surface area contributed by atoms with Crippen molar-refractivity contribution in [2.24, 2.45) is 5.41 Å². The molecule has 0 bridgehead atoms. The van der Waals surface area contributed by atoms with E-state index < -0.39 is 0 Å². The molecule has 1 atom stereocenters. The maximum Gasteiger partial charge on any atom is 0.123 e. The predicted octanol–water partition coefficient (Wildman–Crippen LogP) is 3.49. The van der Waals surface area contributed by atoms with Crippen molar-refractivity contribution < 1.29 is 9.47 Å². The first-order valence-corrected chi connectivity index (χ1v) is 6.97. The number of rotatable bonds is 7. The Morgan fingerprint density at radius 3 is 2.47 bits per heavy atom. The summed E-state index contributed by atoms with van der Waals surface area (Å²) < 4.78 is 11.1.